The summed E-state index contributed by atoms with van der Waals surface area (Å²) in [7, 11) is 3.53. The number of nitrogens with zero attached hydrogens (tertiary/aromatic N) is 2. The maximum absolute atomic E-state index is 12.3. The van der Waals surface area contributed by atoms with Gasteiger partial charge in [-0.25, -0.2) is 4.98 Å². The summed E-state index contributed by atoms with van der Waals surface area (Å²) in [5.74, 6) is 1.37. The molecular weight excluding hydrogens is 318 g/mol. The molecule has 25 heavy (non-hydrogen) atoms. The summed E-state index contributed by atoms with van der Waals surface area (Å²) in [6.45, 7) is 2.05. The second-order valence-corrected chi connectivity index (χ2v) is 5.92. The van der Waals surface area contributed by atoms with Gasteiger partial charge in [-0.15, -0.1) is 0 Å². The Morgan fingerprint density at radius 2 is 2.00 bits per heavy atom. The van der Waals surface area contributed by atoms with Crippen LogP contribution in [0.25, 0.3) is 11.0 Å². The van der Waals surface area contributed by atoms with Gasteiger partial charge >= 0.3 is 0 Å². The highest BCUT2D eigenvalue weighted by atomic mass is 16.5. The van der Waals surface area contributed by atoms with Crippen molar-refractivity contribution in [2.24, 2.45) is 7.05 Å². The first-order valence-electron chi connectivity index (χ1n) is 8.03. The minimum absolute atomic E-state index is 0.129. The highest BCUT2D eigenvalue weighted by molar-refractivity contribution is 5.97. The zero-order valence-electron chi connectivity index (χ0n) is 14.5. The molecule has 1 aromatic heterocycles. The standard InChI is InChI=1S/C19H21N3O3/c1-12-21-16-10-14(6-9-17(16)22(12)2)19(24)20-11-18(23)13-4-7-15(25-3)8-5-13/h4-10,18,23H,11H2,1-3H3,(H,20,24)/t18-/m0/s1. The maximum Gasteiger partial charge on any atom is 0.251 e. The molecule has 1 amide bonds. The molecular formula is C19H21N3O3. The quantitative estimate of drug-likeness (QED) is 0.748. The minimum Gasteiger partial charge on any atom is -0.497 e. The number of carbonyl (C=O) groups excluding carboxylic acids is 1. The molecule has 1 heterocycles. The monoisotopic (exact) mass is 339 g/mol. The Morgan fingerprint density at radius 1 is 1.28 bits per heavy atom. The average Bonchev–Trinajstić information content (AvgIpc) is 2.93. The largest absolute Gasteiger partial charge is 0.497 e. The minimum atomic E-state index is -0.782. The van der Waals surface area contributed by atoms with E-state index in [-0.39, 0.29) is 12.5 Å². The van der Waals surface area contributed by atoms with Gasteiger partial charge in [0.15, 0.2) is 0 Å². The number of benzene rings is 2. The number of aliphatic hydroxyl groups is 1. The van der Waals surface area contributed by atoms with E-state index in [4.69, 9.17) is 4.74 Å². The zero-order valence-corrected chi connectivity index (χ0v) is 14.5. The first-order valence-corrected chi connectivity index (χ1v) is 8.03. The molecule has 0 aliphatic carbocycles. The van der Waals surface area contributed by atoms with Gasteiger partial charge < -0.3 is 19.7 Å². The molecule has 3 aromatic rings. The average molecular weight is 339 g/mol. The van der Waals surface area contributed by atoms with Gasteiger partial charge in [-0.05, 0) is 42.8 Å². The van der Waals surface area contributed by atoms with Gasteiger partial charge in [0.2, 0.25) is 0 Å². The van der Waals surface area contributed by atoms with Gasteiger partial charge in [0, 0.05) is 19.2 Å². The summed E-state index contributed by atoms with van der Waals surface area (Å²) < 4.78 is 7.07. The number of imidazole rings is 1. The van der Waals surface area contributed by atoms with E-state index in [0.29, 0.717) is 5.56 Å². The normalized spacial score (nSPS) is 12.2. The molecule has 3 rings (SSSR count). The predicted octanol–water partition coefficient (Wildman–Crippen LogP) is 2.35. The van der Waals surface area contributed by atoms with Crippen LogP contribution < -0.4 is 10.1 Å². The van der Waals surface area contributed by atoms with Crippen molar-refractivity contribution in [1.29, 1.82) is 0 Å². The molecule has 0 saturated heterocycles. The molecule has 0 fully saturated rings. The number of hydrogen-bond donors (Lipinski definition) is 2. The Hall–Kier alpha value is -2.86. The lowest BCUT2D eigenvalue weighted by atomic mass is 10.1. The summed E-state index contributed by atoms with van der Waals surface area (Å²) in [6.07, 6.45) is -0.782. The van der Waals surface area contributed by atoms with E-state index >= 15 is 0 Å². The highest BCUT2D eigenvalue weighted by Gasteiger charge is 2.13. The third-order valence-corrected chi connectivity index (χ3v) is 4.32. The van der Waals surface area contributed by atoms with Crippen molar-refractivity contribution in [2.75, 3.05) is 13.7 Å². The third-order valence-electron chi connectivity index (χ3n) is 4.32. The van der Waals surface area contributed by atoms with Gasteiger partial charge in [-0.1, -0.05) is 12.1 Å². The van der Waals surface area contributed by atoms with E-state index in [9.17, 15) is 9.90 Å². The van der Waals surface area contributed by atoms with Gasteiger partial charge in [-0.2, -0.15) is 0 Å². The molecule has 6 heteroatoms. The highest BCUT2D eigenvalue weighted by Crippen LogP contribution is 2.18. The van der Waals surface area contributed by atoms with Crippen molar-refractivity contribution in [3.05, 3.63) is 59.4 Å². The number of aliphatic hydroxyl groups excluding tert-OH is 1. The number of fused-ring (bicyclic) bond motifs is 1. The molecule has 6 nitrogen and oxygen atoms in total. The van der Waals surface area contributed by atoms with E-state index < -0.39 is 6.10 Å². The molecule has 0 saturated carbocycles. The number of aromatic nitrogens is 2. The Kier molecular flexibility index (Phi) is 4.72. The Bertz CT molecular complexity index is 900. The van der Waals surface area contributed by atoms with Crippen molar-refractivity contribution >= 4 is 16.9 Å². The lowest BCUT2D eigenvalue weighted by molar-refractivity contribution is 0.0916. The van der Waals surface area contributed by atoms with E-state index in [1.807, 2.05) is 24.6 Å². The second-order valence-electron chi connectivity index (χ2n) is 5.92. The number of rotatable bonds is 5. The molecule has 0 spiro atoms. The molecule has 1 atom stereocenters. The van der Waals surface area contributed by atoms with Crippen LogP contribution in [-0.4, -0.2) is 34.2 Å². The first-order chi connectivity index (χ1) is 12.0. The summed E-state index contributed by atoms with van der Waals surface area (Å²) in [5, 5.41) is 13.0. The Balaban J connectivity index is 1.67. The molecule has 0 bridgehead atoms. The SMILES string of the molecule is COc1ccc([C@@H](O)CNC(=O)c2ccc3c(c2)nc(C)n3C)cc1. The molecule has 2 N–H and O–H groups in total. The lowest BCUT2D eigenvalue weighted by Crippen LogP contribution is -2.28. The van der Waals surface area contributed by atoms with Crippen molar-refractivity contribution < 1.29 is 14.6 Å². The number of amides is 1. The third kappa shape index (κ3) is 3.49. The van der Waals surface area contributed by atoms with Crippen LogP contribution in [0.4, 0.5) is 0 Å². The number of hydrogen-bond acceptors (Lipinski definition) is 4. The fourth-order valence-electron chi connectivity index (χ4n) is 2.70. The van der Waals surface area contributed by atoms with Gasteiger partial charge in [-0.3, -0.25) is 4.79 Å². The van der Waals surface area contributed by atoms with Crippen LogP contribution >= 0.6 is 0 Å². The van der Waals surface area contributed by atoms with Crippen molar-refractivity contribution in [2.45, 2.75) is 13.0 Å². The molecule has 0 radical (unpaired) electrons. The predicted molar refractivity (Wildman–Crippen MR) is 95.7 cm³/mol. The van der Waals surface area contributed by atoms with E-state index in [1.54, 1.807) is 43.5 Å². The van der Waals surface area contributed by atoms with Crippen molar-refractivity contribution in [3.8, 4) is 5.75 Å². The molecule has 2 aromatic carbocycles. The summed E-state index contributed by atoms with van der Waals surface area (Å²) >= 11 is 0. The topological polar surface area (TPSA) is 76.4 Å². The van der Waals surface area contributed by atoms with Gasteiger partial charge in [0.25, 0.3) is 5.91 Å². The van der Waals surface area contributed by atoms with Crippen molar-refractivity contribution in [1.82, 2.24) is 14.9 Å². The summed E-state index contributed by atoms with van der Waals surface area (Å²) in [4.78, 5) is 16.8. The molecule has 0 aliphatic rings. The Labute approximate surface area is 146 Å². The van der Waals surface area contributed by atoms with E-state index in [1.165, 1.54) is 0 Å². The number of nitrogens with one attached hydrogen (secondary N) is 1. The van der Waals surface area contributed by atoms with Crippen LogP contribution in [0.3, 0.4) is 0 Å². The van der Waals surface area contributed by atoms with Crippen LogP contribution in [-0.2, 0) is 7.05 Å². The fraction of sp³-hybridized carbons (Fsp3) is 0.263. The first kappa shape index (κ1) is 17.0. The number of methoxy groups -OCH3 is 1. The van der Waals surface area contributed by atoms with Crippen LogP contribution in [0.5, 0.6) is 5.75 Å². The van der Waals surface area contributed by atoms with E-state index in [2.05, 4.69) is 10.3 Å². The molecule has 0 unspecified atom stereocenters. The summed E-state index contributed by atoms with van der Waals surface area (Å²) in [6, 6.07) is 12.5. The molecule has 0 aliphatic heterocycles. The second kappa shape index (κ2) is 6.94. The smallest absolute Gasteiger partial charge is 0.251 e. The van der Waals surface area contributed by atoms with Crippen LogP contribution in [0.15, 0.2) is 42.5 Å². The number of aryl methyl sites for hydroxylation is 2. The van der Waals surface area contributed by atoms with Crippen LogP contribution in [0.1, 0.15) is 27.8 Å². The fourth-order valence-corrected chi connectivity index (χ4v) is 2.70. The number of carbonyl (C=O) groups is 1. The molecule has 130 valence electrons. The number of ether oxygens (including phenoxy) is 1. The van der Waals surface area contributed by atoms with Crippen LogP contribution in [0.2, 0.25) is 0 Å². The van der Waals surface area contributed by atoms with E-state index in [0.717, 1.165) is 28.2 Å². The van der Waals surface area contributed by atoms with Gasteiger partial charge in [0.05, 0.1) is 24.2 Å². The zero-order chi connectivity index (χ0) is 18.0. The Morgan fingerprint density at radius 3 is 2.68 bits per heavy atom. The maximum atomic E-state index is 12.3. The van der Waals surface area contributed by atoms with Gasteiger partial charge in [0.1, 0.15) is 11.6 Å². The van der Waals surface area contributed by atoms with Crippen molar-refractivity contribution in [3.63, 3.8) is 0 Å². The summed E-state index contributed by atoms with van der Waals surface area (Å²) in [5.41, 5.74) is 3.00. The lowest BCUT2D eigenvalue weighted by Gasteiger charge is -2.13. The van der Waals surface area contributed by atoms with Crippen LogP contribution in [0, 0.1) is 6.92 Å².